The van der Waals surface area contributed by atoms with E-state index in [1.807, 2.05) is 146 Å². The van der Waals surface area contributed by atoms with Crippen molar-refractivity contribution in [3.63, 3.8) is 0 Å². The molecule has 25 rings (SSSR count). The van der Waals surface area contributed by atoms with Crippen LogP contribution in [0.2, 0.25) is 5.02 Å². The molecule has 18 heteroatoms. The van der Waals surface area contributed by atoms with E-state index < -0.39 is 0 Å². The second-order valence-corrected chi connectivity index (χ2v) is 34.3. The fraction of sp³-hybridized carbons (Fsp3) is 0.0439. The quantitative estimate of drug-likeness (QED) is 0.0858. The highest BCUT2D eigenvalue weighted by Gasteiger charge is 2.19. The molecule has 0 fully saturated rings. The van der Waals surface area contributed by atoms with Crippen molar-refractivity contribution in [1.82, 2.24) is 64.8 Å². The molecule has 6 N–H and O–H groups in total. The van der Waals surface area contributed by atoms with E-state index in [1.165, 1.54) is 99.3 Å². The molecule has 0 atom stereocenters. The van der Waals surface area contributed by atoms with E-state index in [0.717, 1.165) is 160 Å². The largest absolute Gasteiger partial charge is 0.360 e. The Kier molecular flexibility index (Phi) is 24.0. The highest BCUT2D eigenvalue weighted by molar-refractivity contribution is 9.10. The summed E-state index contributed by atoms with van der Waals surface area (Å²) in [7, 11) is 0. The van der Waals surface area contributed by atoms with Crippen molar-refractivity contribution in [3.05, 3.63) is 400 Å². The summed E-state index contributed by atoms with van der Waals surface area (Å²) in [5.74, 6) is 5.08. The molecule has 25 aromatic rings. The standard InChI is InChI=1S/C21H15N3S.C19H15BrN2.C19H11ClN2.C19H11FN2.2C18H14N2.ClH/c1-13-4-2-6-16-17(10-23-21(13)16)19-9-8-14-15(20-11-22-12-25-20)5-3-7-18(14)24-19;1-11-6-8-14-15(10-21-18(14)12(11)2)17-9-7-13-4-3-5-16(20)19(13)22-17;1-2-12-5-3-7-14-15(11-21-18(12)14)17-10-9-13-6-4-8-16(20)19(13)22-17;1-2-12-4-3-5-15-16(11-21-19(12)15)17-9-7-13-6-8-14(20)10-18(13)22-17;1-12-10-18(20-17-9-5-2-6-13(12)17)15-11-19-16-8-4-3-7-14(15)16;1-12-5-4-7-14-15(11-19-18(12)14)17-10-9-13-6-2-3-8-16(13)20-17;/h2-12,23H,1H3;3-10,21H,1-2H3;2*1,3-11,21H;2*2-11,19H,1H3;1H. The van der Waals surface area contributed by atoms with Gasteiger partial charge in [0.2, 0.25) is 0 Å². The minimum Gasteiger partial charge on any atom is -0.360 e. The molecule has 0 aliphatic heterocycles. The first kappa shape index (κ1) is 85.5. The van der Waals surface area contributed by atoms with E-state index in [1.54, 1.807) is 17.4 Å². The maximum absolute atomic E-state index is 13.4. The maximum Gasteiger partial charge on any atom is 0.125 e. The number of para-hydroxylation sites is 9. The summed E-state index contributed by atoms with van der Waals surface area (Å²) in [5.41, 5.74) is 35.5. The van der Waals surface area contributed by atoms with Crippen molar-refractivity contribution < 1.29 is 4.39 Å². The van der Waals surface area contributed by atoms with E-state index in [4.69, 9.17) is 49.4 Å². The highest BCUT2D eigenvalue weighted by Crippen LogP contribution is 2.40. The molecule has 132 heavy (non-hydrogen) atoms. The molecule has 636 valence electrons. The Hall–Kier alpha value is -15.9. The van der Waals surface area contributed by atoms with Gasteiger partial charge in [0.05, 0.1) is 93.7 Å². The number of nitrogens with one attached hydrogen (secondary N) is 6. The number of terminal acetylenes is 2. The van der Waals surface area contributed by atoms with Crippen LogP contribution in [0.5, 0.6) is 0 Å². The number of benzene rings is 12. The van der Waals surface area contributed by atoms with Crippen LogP contribution in [0.25, 0.3) is 209 Å². The number of aromatic amines is 6. The minimum atomic E-state index is -0.286. The van der Waals surface area contributed by atoms with Crippen molar-refractivity contribution in [2.75, 3.05) is 0 Å². The van der Waals surface area contributed by atoms with E-state index in [0.29, 0.717) is 10.5 Å². The Labute approximate surface area is 783 Å². The summed E-state index contributed by atoms with van der Waals surface area (Å²) in [6, 6.07) is 99.3. The molecule has 0 bridgehead atoms. The number of nitrogens with zero attached hydrogens (tertiary/aromatic N) is 7. The average Bonchev–Trinajstić information content (AvgIpc) is 1.61. The number of H-pyrrole nitrogens is 6. The van der Waals surface area contributed by atoms with Crippen LogP contribution in [-0.2, 0) is 0 Å². The van der Waals surface area contributed by atoms with Gasteiger partial charge < -0.3 is 29.9 Å². The van der Waals surface area contributed by atoms with Gasteiger partial charge in [-0.05, 0) is 181 Å². The number of aryl methyl sites for hydroxylation is 5. The molecule has 0 saturated carbocycles. The first-order chi connectivity index (χ1) is 64.1. The van der Waals surface area contributed by atoms with Gasteiger partial charge in [-0.2, -0.15) is 0 Å². The van der Waals surface area contributed by atoms with E-state index >= 15 is 0 Å². The van der Waals surface area contributed by atoms with Gasteiger partial charge in [0, 0.05) is 191 Å². The Morgan fingerprint density at radius 1 is 0.326 bits per heavy atom. The zero-order valence-corrected chi connectivity index (χ0v) is 76.1. The van der Waals surface area contributed by atoms with Crippen LogP contribution in [0.1, 0.15) is 38.9 Å². The van der Waals surface area contributed by atoms with Crippen molar-refractivity contribution in [3.8, 4) is 103 Å². The number of halogens is 4. The monoisotopic (exact) mass is 1830 g/mol. The second kappa shape index (κ2) is 37.0. The maximum atomic E-state index is 13.4. The number of hydrogen-bond acceptors (Lipinski definition) is 8. The summed E-state index contributed by atoms with van der Waals surface area (Å²) >= 11 is 11.5. The number of thiazole rings is 1. The fourth-order valence-electron chi connectivity index (χ4n) is 17.3. The summed E-state index contributed by atoms with van der Waals surface area (Å²) in [6.45, 7) is 10.7. The van der Waals surface area contributed by atoms with Crippen molar-refractivity contribution in [2.45, 2.75) is 34.6 Å². The zero-order chi connectivity index (χ0) is 89.3. The normalized spacial score (nSPS) is 11.1. The number of hydrogen-bond donors (Lipinski definition) is 6. The predicted octanol–water partition coefficient (Wildman–Crippen LogP) is 30.9. The number of rotatable bonds is 7. The van der Waals surface area contributed by atoms with Crippen molar-refractivity contribution in [2.24, 2.45) is 0 Å². The van der Waals surface area contributed by atoms with Gasteiger partial charge in [0.1, 0.15) is 5.82 Å². The van der Waals surface area contributed by atoms with E-state index in [9.17, 15) is 4.39 Å². The van der Waals surface area contributed by atoms with Crippen LogP contribution in [0.15, 0.2) is 351 Å². The topological polar surface area (TPSA) is 185 Å². The summed E-state index contributed by atoms with van der Waals surface area (Å²) in [6.07, 6.45) is 25.0. The SMILES string of the molecule is C#Cc1cccc2c(-c3ccc4ccc(F)cc4n3)c[nH]c12.C#Cc1cccc2c(-c3ccc4cccc(Cl)c4n3)c[nH]c12.Cc1cc(-c2c[nH]c3ccccc23)nc2ccccc12.Cc1ccc2c(-c3ccc4cccc(Br)c4n3)c[nH]c2c1C.Cc1cccc2c(-c3ccc4c(-c5cncs5)cccc4n3)c[nH]c12.Cc1cccc2c(-c3ccc4ccccc4n3)c[nH]c12.Cl. The highest BCUT2D eigenvalue weighted by atomic mass is 79.9. The Morgan fingerprint density at radius 2 is 0.750 bits per heavy atom. The molecule has 13 heterocycles. The van der Waals surface area contributed by atoms with Crippen molar-refractivity contribution in [1.29, 1.82) is 0 Å². The van der Waals surface area contributed by atoms with Crippen LogP contribution >= 0.6 is 51.3 Å². The molecule has 0 radical (unpaired) electrons. The van der Waals surface area contributed by atoms with Crippen molar-refractivity contribution >= 4 is 182 Å². The molecule has 13 nitrogen and oxygen atoms in total. The molecule has 0 aliphatic carbocycles. The number of aromatic nitrogens is 13. The van der Waals surface area contributed by atoms with Gasteiger partial charge in [0.25, 0.3) is 0 Å². The molecular weight excluding hydrogens is 1750 g/mol. The second-order valence-electron chi connectivity index (χ2n) is 32.1. The minimum absolute atomic E-state index is 0. The van der Waals surface area contributed by atoms with Crippen LogP contribution in [-0.4, -0.2) is 64.8 Å². The first-order valence-corrected chi connectivity index (χ1v) is 44.8. The van der Waals surface area contributed by atoms with E-state index in [2.05, 4.69) is 285 Å². The predicted molar refractivity (Wildman–Crippen MR) is 555 cm³/mol. The molecule has 12 aromatic carbocycles. The molecule has 0 unspecified atom stereocenters. The average molecular weight is 1830 g/mol. The van der Waals surface area contributed by atoms with Gasteiger partial charge in [0.15, 0.2) is 0 Å². The molecule has 0 amide bonds. The molecule has 13 aromatic heterocycles. The third-order valence-corrected chi connectivity index (χ3v) is 25.9. The third-order valence-electron chi connectivity index (χ3n) is 24.2. The lowest BCUT2D eigenvalue weighted by atomic mass is 10.0. The zero-order valence-electron chi connectivity index (χ0n) is 72.1. The van der Waals surface area contributed by atoms with Gasteiger partial charge >= 0.3 is 0 Å². The molecule has 0 aliphatic rings. The van der Waals surface area contributed by atoms with Gasteiger partial charge in [-0.25, -0.2) is 34.3 Å². The lowest BCUT2D eigenvalue weighted by molar-refractivity contribution is 0.629. The van der Waals surface area contributed by atoms with Crippen LogP contribution in [0.3, 0.4) is 0 Å². The van der Waals surface area contributed by atoms with Crippen LogP contribution < -0.4 is 0 Å². The third kappa shape index (κ3) is 16.8. The van der Waals surface area contributed by atoms with Gasteiger partial charge in [-0.3, -0.25) is 4.98 Å². The van der Waals surface area contributed by atoms with Crippen LogP contribution in [0, 0.1) is 65.1 Å². The summed E-state index contributed by atoms with van der Waals surface area (Å²) < 4.78 is 14.4. The Balaban J connectivity index is 0.000000102. The molecule has 0 saturated heterocycles. The summed E-state index contributed by atoms with van der Waals surface area (Å²) in [5, 5.41) is 14.3. The molecular formula is C114H81BrCl2FN13S. The van der Waals surface area contributed by atoms with Gasteiger partial charge in [-0.15, -0.1) is 36.6 Å². The fourth-order valence-corrected chi connectivity index (χ4v) is 18.6. The van der Waals surface area contributed by atoms with Crippen LogP contribution in [0.4, 0.5) is 4.39 Å². The summed E-state index contributed by atoms with van der Waals surface area (Å²) in [4.78, 5) is 54.0. The lowest BCUT2D eigenvalue weighted by Gasteiger charge is -2.06. The number of fused-ring (bicyclic) bond motifs is 12. The smallest absolute Gasteiger partial charge is 0.125 e. The Bertz CT molecular complexity index is 8810. The number of pyridine rings is 6. The molecule has 0 spiro atoms. The van der Waals surface area contributed by atoms with Gasteiger partial charge in [-0.1, -0.05) is 211 Å². The Morgan fingerprint density at radius 3 is 1.38 bits per heavy atom. The first-order valence-electron chi connectivity index (χ1n) is 42.8. The lowest BCUT2D eigenvalue weighted by Crippen LogP contribution is -1.87. The van der Waals surface area contributed by atoms with E-state index in [-0.39, 0.29) is 18.2 Å².